The molecule has 11 nitrogen and oxygen atoms in total. The van der Waals surface area contributed by atoms with E-state index in [0.717, 1.165) is 27.3 Å². The van der Waals surface area contributed by atoms with Crippen LogP contribution in [0.3, 0.4) is 0 Å². The Kier molecular flexibility index (Phi) is 9.20. The van der Waals surface area contributed by atoms with E-state index in [-0.39, 0.29) is 23.9 Å². The summed E-state index contributed by atoms with van der Waals surface area (Å²) in [5.41, 5.74) is 6.07. The molecule has 0 saturated carbocycles. The Balaban J connectivity index is 0.912. The fraction of sp³-hybridized carbons (Fsp3) is 0.231. The van der Waals surface area contributed by atoms with E-state index >= 15 is 0 Å². The highest BCUT2D eigenvalue weighted by molar-refractivity contribution is 7.81. The number of ether oxygens (including phenoxy) is 4. The van der Waals surface area contributed by atoms with Crippen LogP contribution in [-0.4, -0.2) is 73.6 Å². The van der Waals surface area contributed by atoms with Gasteiger partial charge >= 0.3 is 0 Å². The van der Waals surface area contributed by atoms with Crippen molar-refractivity contribution in [2.45, 2.75) is 31.3 Å². The minimum atomic E-state index is -0.197. The zero-order valence-corrected chi connectivity index (χ0v) is 30.2. The fourth-order valence-electron chi connectivity index (χ4n) is 6.76. The lowest BCUT2D eigenvalue weighted by atomic mass is 10.0. The summed E-state index contributed by atoms with van der Waals surface area (Å²) < 4.78 is 26.3. The van der Waals surface area contributed by atoms with E-state index in [1.807, 2.05) is 60.5 Å². The molecule has 264 valence electrons. The fourth-order valence-corrected chi connectivity index (χ4v) is 7.65. The van der Waals surface area contributed by atoms with E-state index < -0.39 is 0 Å². The number of hydrogen-bond donors (Lipinski definition) is 2. The highest BCUT2D eigenvalue weighted by Crippen LogP contribution is 2.42. The van der Waals surface area contributed by atoms with E-state index in [0.29, 0.717) is 78.0 Å². The maximum absolute atomic E-state index is 13.7. The molecule has 0 radical (unpaired) electrons. The van der Waals surface area contributed by atoms with Gasteiger partial charge in [-0.3, -0.25) is 19.6 Å². The predicted octanol–water partition coefficient (Wildman–Crippen LogP) is 7.81. The van der Waals surface area contributed by atoms with Crippen LogP contribution in [0.2, 0.25) is 0 Å². The lowest BCUT2D eigenvalue weighted by Crippen LogP contribution is -2.32. The van der Waals surface area contributed by atoms with Crippen molar-refractivity contribution in [3.8, 4) is 23.0 Å². The van der Waals surface area contributed by atoms with E-state index in [2.05, 4.69) is 28.6 Å². The second kappa shape index (κ2) is 14.2. The van der Waals surface area contributed by atoms with Crippen molar-refractivity contribution in [1.82, 2.24) is 9.80 Å². The third-order valence-corrected chi connectivity index (χ3v) is 10.7. The first kappa shape index (κ1) is 33.6. The van der Waals surface area contributed by atoms with Crippen LogP contribution in [-0.2, 0) is 0 Å². The standard InChI is InChI=1S/C39H35N5O6S2/c1-47-33-15-29-31(40-19-27-13-24(21-43(27)38(29)45)23-6-8-26(42-51)9-7-23)17-35(33)49-10-4-11-50-36-18-32-30(16-34(36)48-2)39(46)44-22-25(14-28(44)20-41-32)37-5-3-12-52-37/h3,5-9,12,15-22,27-28,42,51H,4,10-11,13-14H2,1-2H3/t27-,28-/m0/s1. The summed E-state index contributed by atoms with van der Waals surface area (Å²) in [4.78, 5) is 41.3. The molecule has 3 aromatic carbocycles. The number of thiol groups is 1. The second-order valence-corrected chi connectivity index (χ2v) is 13.8. The summed E-state index contributed by atoms with van der Waals surface area (Å²) in [6.45, 7) is 0.631. The number of hydrogen-bond acceptors (Lipinski definition) is 11. The molecule has 8 rings (SSSR count). The normalized spacial score (nSPS) is 18.4. The molecule has 4 aliphatic rings. The highest BCUT2D eigenvalue weighted by Gasteiger charge is 2.35. The maximum atomic E-state index is 13.7. The Labute approximate surface area is 310 Å². The Morgan fingerprint density at radius 3 is 1.85 bits per heavy atom. The van der Waals surface area contributed by atoms with Crippen molar-refractivity contribution in [3.05, 3.63) is 100 Å². The zero-order chi connectivity index (χ0) is 35.8. The number of benzene rings is 3. The van der Waals surface area contributed by atoms with E-state index in [9.17, 15) is 9.59 Å². The summed E-state index contributed by atoms with van der Waals surface area (Å²) in [7, 11) is 3.09. The molecular weight excluding hydrogens is 699 g/mol. The first-order chi connectivity index (χ1) is 25.4. The number of anilines is 1. The number of methoxy groups -OCH3 is 2. The molecule has 52 heavy (non-hydrogen) atoms. The molecule has 0 fully saturated rings. The number of carbonyl (C=O) groups excluding carboxylic acids is 2. The monoisotopic (exact) mass is 733 g/mol. The van der Waals surface area contributed by atoms with Crippen LogP contribution in [0.4, 0.5) is 17.1 Å². The number of nitrogens with zero attached hydrogens (tertiary/aromatic N) is 4. The van der Waals surface area contributed by atoms with Crippen LogP contribution in [0.15, 0.2) is 88.4 Å². The minimum Gasteiger partial charge on any atom is -0.493 e. The van der Waals surface area contributed by atoms with Crippen LogP contribution < -0.4 is 23.7 Å². The van der Waals surface area contributed by atoms with Crippen molar-refractivity contribution in [3.63, 3.8) is 0 Å². The second-order valence-electron chi connectivity index (χ2n) is 12.6. The molecule has 0 saturated heterocycles. The van der Waals surface area contributed by atoms with Crippen molar-refractivity contribution in [1.29, 1.82) is 0 Å². The molecule has 5 heterocycles. The summed E-state index contributed by atoms with van der Waals surface area (Å²) in [6, 6.07) is 18.5. The van der Waals surface area contributed by atoms with Crippen molar-refractivity contribution in [2.75, 3.05) is 32.2 Å². The molecule has 4 aromatic rings. The van der Waals surface area contributed by atoms with Gasteiger partial charge in [0.15, 0.2) is 23.0 Å². The van der Waals surface area contributed by atoms with Crippen LogP contribution in [0, 0.1) is 0 Å². The Morgan fingerprint density at radius 1 is 0.769 bits per heavy atom. The first-order valence-corrected chi connectivity index (χ1v) is 18.2. The number of aliphatic imine (C=N–C) groups is 2. The van der Waals surface area contributed by atoms with Gasteiger partial charge in [0.05, 0.1) is 62.0 Å². The molecule has 2 amide bonds. The lowest BCUT2D eigenvalue weighted by Gasteiger charge is -2.19. The first-order valence-electron chi connectivity index (χ1n) is 16.8. The summed E-state index contributed by atoms with van der Waals surface area (Å²) in [5, 5.41) is 2.04. The number of rotatable bonds is 11. The summed E-state index contributed by atoms with van der Waals surface area (Å²) in [6.07, 6.45) is 9.38. The third-order valence-electron chi connectivity index (χ3n) is 9.45. The lowest BCUT2D eigenvalue weighted by molar-refractivity contribution is 0.0809. The van der Waals surface area contributed by atoms with E-state index in [1.54, 1.807) is 59.6 Å². The summed E-state index contributed by atoms with van der Waals surface area (Å²) in [5.74, 6) is 1.58. The van der Waals surface area contributed by atoms with Gasteiger partial charge in [-0.05, 0) is 52.4 Å². The predicted molar refractivity (Wildman–Crippen MR) is 206 cm³/mol. The number of fused-ring (bicyclic) bond motifs is 4. The van der Waals surface area contributed by atoms with Gasteiger partial charge in [-0.2, -0.15) is 0 Å². The van der Waals surface area contributed by atoms with Crippen molar-refractivity contribution < 1.29 is 28.5 Å². The van der Waals surface area contributed by atoms with Gasteiger partial charge in [0.2, 0.25) is 0 Å². The van der Waals surface area contributed by atoms with E-state index in [4.69, 9.17) is 23.9 Å². The molecule has 0 bridgehead atoms. The zero-order valence-electron chi connectivity index (χ0n) is 28.4. The van der Waals surface area contributed by atoms with Crippen molar-refractivity contribution in [2.24, 2.45) is 9.98 Å². The largest absolute Gasteiger partial charge is 0.493 e. The Morgan fingerprint density at radius 2 is 1.33 bits per heavy atom. The number of nitrogens with one attached hydrogen (secondary N) is 1. The van der Waals surface area contributed by atoms with Gasteiger partial charge in [0, 0.05) is 66.8 Å². The molecule has 4 aliphatic heterocycles. The van der Waals surface area contributed by atoms with Crippen LogP contribution in [0.1, 0.15) is 50.4 Å². The minimum absolute atomic E-state index is 0.127. The average molecular weight is 734 g/mol. The molecule has 0 spiro atoms. The van der Waals surface area contributed by atoms with Gasteiger partial charge in [-0.15, -0.1) is 11.3 Å². The topological polar surface area (TPSA) is 114 Å². The quantitative estimate of drug-likeness (QED) is 0.119. The van der Waals surface area contributed by atoms with Crippen LogP contribution >= 0.6 is 24.2 Å². The number of thiophene rings is 1. The van der Waals surface area contributed by atoms with Gasteiger partial charge in [0.25, 0.3) is 11.8 Å². The molecule has 0 unspecified atom stereocenters. The summed E-state index contributed by atoms with van der Waals surface area (Å²) >= 11 is 5.76. The molecule has 0 aliphatic carbocycles. The number of amides is 2. The van der Waals surface area contributed by atoms with Gasteiger partial charge < -0.3 is 33.5 Å². The van der Waals surface area contributed by atoms with Gasteiger partial charge in [0.1, 0.15) is 0 Å². The Hall–Kier alpha value is -5.53. The highest BCUT2D eigenvalue weighted by atomic mass is 32.1. The average Bonchev–Trinajstić information content (AvgIpc) is 3.93. The van der Waals surface area contributed by atoms with Gasteiger partial charge in [-0.25, -0.2) is 0 Å². The van der Waals surface area contributed by atoms with Crippen LogP contribution in [0.25, 0.3) is 11.1 Å². The molecule has 1 aromatic heterocycles. The third kappa shape index (κ3) is 6.30. The Bertz CT molecular complexity index is 2160. The maximum Gasteiger partial charge on any atom is 0.260 e. The SMILES string of the molecule is COc1cc2c(cc1OCCCOc1cc3c(cc1OC)C(=O)N1C=C(c4cccs4)C[C@H]1C=N3)N=C[C@@H]1CC(c3ccc(NS)cc3)=CN1C2=O. The molecule has 2 atom stereocenters. The van der Waals surface area contributed by atoms with E-state index in [1.165, 1.54) is 0 Å². The molecular formula is C39H35N5O6S2. The number of carbonyl (C=O) groups is 2. The molecule has 13 heteroatoms. The molecule has 1 N–H and O–H groups in total. The smallest absolute Gasteiger partial charge is 0.260 e. The van der Waals surface area contributed by atoms with Crippen LogP contribution in [0.5, 0.6) is 23.0 Å². The van der Waals surface area contributed by atoms with Gasteiger partial charge in [-0.1, -0.05) is 31.0 Å². The van der Waals surface area contributed by atoms with Crippen molar-refractivity contribution >= 4 is 76.6 Å².